The van der Waals surface area contributed by atoms with Crippen molar-refractivity contribution in [1.82, 2.24) is 8.96 Å². The van der Waals surface area contributed by atoms with Crippen LogP contribution >= 0.6 is 0 Å². The molecule has 0 unspecified atom stereocenters. The third-order valence-corrected chi connectivity index (χ3v) is 8.18. The molecule has 0 aliphatic rings. The summed E-state index contributed by atoms with van der Waals surface area (Å²) >= 11 is 0. The summed E-state index contributed by atoms with van der Waals surface area (Å²) in [6.45, 7) is 1.74. The first-order valence-corrected chi connectivity index (χ1v) is 13.1. The topological polar surface area (TPSA) is 108 Å². The van der Waals surface area contributed by atoms with Gasteiger partial charge in [-0.25, -0.2) is 22.2 Å². The second-order valence-corrected chi connectivity index (χ2v) is 10.4. The highest BCUT2D eigenvalue weighted by Gasteiger charge is 2.25. The SMILES string of the molecule is COC(=O)c1cc(-c2cnc3c(c2)c(-c2ccccc2OC)cn3S(=O)(=O)c2ccccc2C)ccc1O. The maximum Gasteiger partial charge on any atom is 0.341 e. The number of phenolic OH excluding ortho intramolecular Hbond substituents is 1. The third-order valence-electron chi connectivity index (χ3n) is 6.37. The molecule has 0 fully saturated rings. The summed E-state index contributed by atoms with van der Waals surface area (Å²) in [7, 11) is -1.20. The molecule has 0 atom stereocenters. The van der Waals surface area contributed by atoms with Gasteiger partial charge >= 0.3 is 5.97 Å². The minimum atomic E-state index is -3.99. The van der Waals surface area contributed by atoms with E-state index in [4.69, 9.17) is 9.47 Å². The van der Waals surface area contributed by atoms with Gasteiger partial charge in [0.15, 0.2) is 5.65 Å². The molecule has 8 nitrogen and oxygen atoms in total. The highest BCUT2D eigenvalue weighted by atomic mass is 32.2. The molecular weight excluding hydrogens is 504 g/mol. The fourth-order valence-corrected chi connectivity index (χ4v) is 6.00. The maximum absolute atomic E-state index is 13.8. The zero-order valence-corrected chi connectivity index (χ0v) is 21.7. The Labute approximate surface area is 219 Å². The quantitative estimate of drug-likeness (QED) is 0.293. The zero-order chi connectivity index (χ0) is 27.0. The number of phenols is 1. The molecule has 38 heavy (non-hydrogen) atoms. The molecule has 9 heteroatoms. The monoisotopic (exact) mass is 528 g/mol. The maximum atomic E-state index is 13.8. The molecule has 5 aromatic rings. The summed E-state index contributed by atoms with van der Waals surface area (Å²) in [5.74, 6) is -0.314. The van der Waals surface area contributed by atoms with E-state index in [0.29, 0.717) is 39.0 Å². The average Bonchev–Trinajstić information content (AvgIpc) is 3.32. The van der Waals surface area contributed by atoms with E-state index in [9.17, 15) is 18.3 Å². The number of carbonyl (C=O) groups is 1. The number of aromatic nitrogens is 2. The number of pyridine rings is 1. The summed E-state index contributed by atoms with van der Waals surface area (Å²) < 4.78 is 39.2. The molecule has 192 valence electrons. The van der Waals surface area contributed by atoms with E-state index in [1.807, 2.05) is 18.2 Å². The molecule has 0 saturated carbocycles. The summed E-state index contributed by atoms with van der Waals surface area (Å²) in [5.41, 5.74) is 3.38. The molecule has 2 aromatic heterocycles. The Bertz CT molecular complexity index is 1810. The smallest absolute Gasteiger partial charge is 0.341 e. The number of benzene rings is 3. The number of nitrogens with zero attached hydrogens (tertiary/aromatic N) is 2. The number of carbonyl (C=O) groups excluding carboxylic acids is 1. The number of hydrogen-bond donors (Lipinski definition) is 1. The Morgan fingerprint density at radius 1 is 0.921 bits per heavy atom. The Balaban J connectivity index is 1.79. The van der Waals surface area contributed by atoms with Gasteiger partial charge in [0.2, 0.25) is 0 Å². The molecule has 0 amide bonds. The highest BCUT2D eigenvalue weighted by Crippen LogP contribution is 2.39. The molecule has 5 rings (SSSR count). The number of fused-ring (bicyclic) bond motifs is 1. The van der Waals surface area contributed by atoms with Crippen LogP contribution in [0.25, 0.3) is 33.3 Å². The van der Waals surface area contributed by atoms with E-state index in [0.717, 1.165) is 0 Å². The Morgan fingerprint density at radius 2 is 1.66 bits per heavy atom. The van der Waals surface area contributed by atoms with Gasteiger partial charge in [-0.05, 0) is 48.4 Å². The van der Waals surface area contributed by atoms with Crippen LogP contribution in [-0.2, 0) is 14.8 Å². The standard InChI is InChI=1S/C29H24N2O6S/c1-18-8-4-7-11-27(18)38(34,35)31-17-24(21-9-5-6-10-26(21)36-2)22-15-20(16-30-28(22)31)19-12-13-25(32)23(14-19)29(33)37-3/h4-17,32H,1-3H3. The number of ether oxygens (including phenoxy) is 2. The fraction of sp³-hybridized carbons (Fsp3) is 0.103. The van der Waals surface area contributed by atoms with Crippen molar-refractivity contribution in [2.45, 2.75) is 11.8 Å². The first kappa shape index (κ1) is 25.0. The molecule has 0 bridgehead atoms. The van der Waals surface area contributed by atoms with Crippen LogP contribution in [0.3, 0.4) is 0 Å². The largest absolute Gasteiger partial charge is 0.507 e. The number of rotatable bonds is 6. The second-order valence-electron chi connectivity index (χ2n) is 8.63. The predicted molar refractivity (Wildman–Crippen MR) is 144 cm³/mol. The molecule has 0 aliphatic carbocycles. The summed E-state index contributed by atoms with van der Waals surface area (Å²) in [6, 6.07) is 20.5. The number of esters is 1. The normalized spacial score (nSPS) is 11.4. The van der Waals surface area contributed by atoms with Gasteiger partial charge in [-0.1, -0.05) is 42.5 Å². The third kappa shape index (κ3) is 4.16. The van der Waals surface area contributed by atoms with E-state index < -0.39 is 16.0 Å². The summed E-state index contributed by atoms with van der Waals surface area (Å²) in [5, 5.41) is 10.7. The minimum Gasteiger partial charge on any atom is -0.507 e. The van der Waals surface area contributed by atoms with E-state index in [-0.39, 0.29) is 21.9 Å². The molecule has 2 heterocycles. The van der Waals surface area contributed by atoms with Gasteiger partial charge in [0.05, 0.1) is 19.1 Å². The van der Waals surface area contributed by atoms with Crippen molar-refractivity contribution in [2.75, 3.05) is 14.2 Å². The predicted octanol–water partition coefficient (Wildman–Crippen LogP) is 5.42. The number of aromatic hydroxyl groups is 1. The van der Waals surface area contributed by atoms with Crippen LogP contribution in [0.15, 0.2) is 90.1 Å². The van der Waals surface area contributed by atoms with E-state index in [2.05, 4.69) is 4.98 Å². The van der Waals surface area contributed by atoms with E-state index in [1.54, 1.807) is 62.7 Å². The van der Waals surface area contributed by atoms with E-state index in [1.165, 1.54) is 29.4 Å². The van der Waals surface area contributed by atoms with Gasteiger partial charge in [-0.3, -0.25) is 0 Å². The van der Waals surface area contributed by atoms with Gasteiger partial charge in [0.1, 0.15) is 17.1 Å². The second kappa shape index (κ2) is 9.68. The molecule has 0 radical (unpaired) electrons. The Morgan fingerprint density at radius 3 is 2.39 bits per heavy atom. The average molecular weight is 529 g/mol. The minimum absolute atomic E-state index is 0.00903. The number of methoxy groups -OCH3 is 2. The number of hydrogen-bond acceptors (Lipinski definition) is 7. The summed E-state index contributed by atoms with van der Waals surface area (Å²) in [6.07, 6.45) is 3.09. The first-order valence-electron chi connectivity index (χ1n) is 11.6. The molecule has 0 aliphatic heterocycles. The van der Waals surface area contributed by atoms with Crippen molar-refractivity contribution in [2.24, 2.45) is 0 Å². The van der Waals surface area contributed by atoms with Crippen LogP contribution < -0.4 is 4.74 Å². The van der Waals surface area contributed by atoms with Crippen LogP contribution in [0.2, 0.25) is 0 Å². The highest BCUT2D eigenvalue weighted by molar-refractivity contribution is 7.90. The van der Waals surface area contributed by atoms with Crippen LogP contribution in [0, 0.1) is 6.92 Å². The van der Waals surface area contributed by atoms with Gasteiger partial charge in [0, 0.05) is 34.5 Å². The van der Waals surface area contributed by atoms with Crippen molar-refractivity contribution in [3.05, 3.63) is 96.3 Å². The number of para-hydroxylation sites is 1. The molecule has 1 N–H and O–H groups in total. The van der Waals surface area contributed by atoms with Gasteiger partial charge < -0.3 is 14.6 Å². The molecule has 3 aromatic carbocycles. The number of aryl methyl sites for hydroxylation is 1. The lowest BCUT2D eigenvalue weighted by atomic mass is 10.00. The van der Waals surface area contributed by atoms with Crippen LogP contribution in [-0.4, -0.2) is 42.7 Å². The van der Waals surface area contributed by atoms with Crippen molar-refractivity contribution in [3.63, 3.8) is 0 Å². The molecule has 0 spiro atoms. The van der Waals surface area contributed by atoms with Crippen molar-refractivity contribution < 1.29 is 27.8 Å². The van der Waals surface area contributed by atoms with Crippen LogP contribution in [0.1, 0.15) is 15.9 Å². The van der Waals surface area contributed by atoms with Gasteiger partial charge in [-0.2, -0.15) is 0 Å². The Hall–Kier alpha value is -4.63. The summed E-state index contributed by atoms with van der Waals surface area (Å²) in [4.78, 5) is 16.9. The van der Waals surface area contributed by atoms with E-state index >= 15 is 0 Å². The van der Waals surface area contributed by atoms with Crippen molar-refractivity contribution in [1.29, 1.82) is 0 Å². The lowest BCUT2D eigenvalue weighted by molar-refractivity contribution is 0.0597. The van der Waals surface area contributed by atoms with Crippen LogP contribution in [0.4, 0.5) is 0 Å². The fourth-order valence-electron chi connectivity index (χ4n) is 4.44. The lowest BCUT2D eigenvalue weighted by Gasteiger charge is -2.10. The first-order chi connectivity index (χ1) is 18.3. The van der Waals surface area contributed by atoms with Crippen molar-refractivity contribution >= 4 is 27.0 Å². The van der Waals surface area contributed by atoms with Crippen LogP contribution in [0.5, 0.6) is 11.5 Å². The van der Waals surface area contributed by atoms with Crippen molar-refractivity contribution in [3.8, 4) is 33.8 Å². The molecular formula is C29H24N2O6S. The van der Waals surface area contributed by atoms with Gasteiger partial charge in [0.25, 0.3) is 10.0 Å². The van der Waals surface area contributed by atoms with Gasteiger partial charge in [-0.15, -0.1) is 0 Å². The molecule has 0 saturated heterocycles. The Kier molecular flexibility index (Phi) is 6.38. The zero-order valence-electron chi connectivity index (χ0n) is 20.9. The lowest BCUT2D eigenvalue weighted by Crippen LogP contribution is -2.13.